The molecule has 1 amide bonds. The van der Waals surface area contributed by atoms with Gasteiger partial charge in [0.15, 0.2) is 0 Å². The van der Waals surface area contributed by atoms with Gasteiger partial charge < -0.3 is 9.50 Å². The SMILES string of the molecule is Cc1ccc(S(=O)(=O)Oc2ccccc2/C=C(\C#N)C(=O)Nc2ccc(Br)cc2)cc1. The molecule has 0 unspecified atom stereocenters. The highest BCUT2D eigenvalue weighted by molar-refractivity contribution is 9.10. The Morgan fingerprint density at radius 1 is 1.03 bits per heavy atom. The molecule has 0 fully saturated rings. The second-order valence-electron chi connectivity index (χ2n) is 6.52. The van der Waals surface area contributed by atoms with E-state index >= 15 is 0 Å². The molecule has 1 N–H and O–H groups in total. The molecule has 0 saturated carbocycles. The van der Waals surface area contributed by atoms with Gasteiger partial charge in [0, 0.05) is 15.7 Å². The molecule has 0 aromatic heterocycles. The van der Waals surface area contributed by atoms with Gasteiger partial charge in [-0.05, 0) is 55.5 Å². The Hall–Kier alpha value is -3.41. The summed E-state index contributed by atoms with van der Waals surface area (Å²) >= 11 is 3.31. The van der Waals surface area contributed by atoms with E-state index in [1.165, 1.54) is 24.3 Å². The number of aryl methyl sites for hydroxylation is 1. The van der Waals surface area contributed by atoms with Crippen molar-refractivity contribution in [1.29, 1.82) is 5.26 Å². The number of amides is 1. The summed E-state index contributed by atoms with van der Waals surface area (Å²) in [5, 5.41) is 12.1. The van der Waals surface area contributed by atoms with Crippen LogP contribution in [0.1, 0.15) is 11.1 Å². The van der Waals surface area contributed by atoms with Crippen LogP contribution in [0.4, 0.5) is 5.69 Å². The third-order valence-electron chi connectivity index (χ3n) is 4.20. The molecule has 0 aliphatic carbocycles. The van der Waals surface area contributed by atoms with Gasteiger partial charge in [-0.15, -0.1) is 0 Å². The van der Waals surface area contributed by atoms with Crippen molar-refractivity contribution < 1.29 is 17.4 Å². The summed E-state index contributed by atoms with van der Waals surface area (Å²) in [7, 11) is -4.09. The fraction of sp³-hybridized carbons (Fsp3) is 0.0435. The fourth-order valence-corrected chi connectivity index (χ4v) is 3.80. The largest absolute Gasteiger partial charge is 0.378 e. The molecule has 156 valence electrons. The van der Waals surface area contributed by atoms with Crippen molar-refractivity contribution in [2.24, 2.45) is 0 Å². The number of anilines is 1. The minimum atomic E-state index is -4.09. The number of hydrogen-bond acceptors (Lipinski definition) is 5. The first-order valence-electron chi connectivity index (χ1n) is 9.07. The van der Waals surface area contributed by atoms with Crippen molar-refractivity contribution in [1.82, 2.24) is 0 Å². The summed E-state index contributed by atoms with van der Waals surface area (Å²) in [6.07, 6.45) is 1.29. The fourth-order valence-electron chi connectivity index (χ4n) is 2.58. The van der Waals surface area contributed by atoms with Gasteiger partial charge in [0.25, 0.3) is 5.91 Å². The Morgan fingerprint density at radius 3 is 2.32 bits per heavy atom. The maximum atomic E-state index is 12.6. The molecule has 31 heavy (non-hydrogen) atoms. The number of rotatable bonds is 6. The quantitative estimate of drug-likeness (QED) is 0.292. The number of halogens is 1. The highest BCUT2D eigenvalue weighted by Gasteiger charge is 2.19. The summed E-state index contributed by atoms with van der Waals surface area (Å²) in [5.41, 5.74) is 1.51. The van der Waals surface area contributed by atoms with E-state index in [4.69, 9.17) is 4.18 Å². The highest BCUT2D eigenvalue weighted by atomic mass is 79.9. The van der Waals surface area contributed by atoms with Crippen molar-refractivity contribution in [2.45, 2.75) is 11.8 Å². The Morgan fingerprint density at radius 2 is 1.68 bits per heavy atom. The van der Waals surface area contributed by atoms with Crippen molar-refractivity contribution in [3.8, 4) is 11.8 Å². The average Bonchev–Trinajstić information content (AvgIpc) is 2.74. The van der Waals surface area contributed by atoms with E-state index in [1.807, 2.05) is 13.0 Å². The Bertz CT molecular complexity index is 1280. The van der Waals surface area contributed by atoms with Gasteiger partial charge in [0.2, 0.25) is 0 Å². The molecule has 0 radical (unpaired) electrons. The predicted octanol–water partition coefficient (Wildman–Crippen LogP) is 5.07. The van der Waals surface area contributed by atoms with Crippen LogP contribution in [-0.2, 0) is 14.9 Å². The summed E-state index contributed by atoms with van der Waals surface area (Å²) in [6, 6.07) is 21.2. The molecule has 0 spiro atoms. The topological polar surface area (TPSA) is 96.3 Å². The first-order chi connectivity index (χ1) is 14.8. The number of nitrogens with zero attached hydrogens (tertiary/aromatic N) is 1. The van der Waals surface area contributed by atoms with Crippen molar-refractivity contribution in [3.05, 3.63) is 94.0 Å². The monoisotopic (exact) mass is 496 g/mol. The summed E-state index contributed by atoms with van der Waals surface area (Å²) < 4.78 is 31.4. The van der Waals surface area contributed by atoms with E-state index in [1.54, 1.807) is 54.6 Å². The Labute approximate surface area is 189 Å². The van der Waals surface area contributed by atoms with Crippen molar-refractivity contribution in [2.75, 3.05) is 5.32 Å². The second-order valence-corrected chi connectivity index (χ2v) is 8.98. The smallest absolute Gasteiger partial charge is 0.339 e. The molecular formula is C23H17BrN2O4S. The molecule has 3 aromatic rings. The lowest BCUT2D eigenvalue weighted by Crippen LogP contribution is -2.14. The molecule has 6 nitrogen and oxygen atoms in total. The number of carbonyl (C=O) groups is 1. The zero-order valence-corrected chi connectivity index (χ0v) is 18.8. The van der Waals surface area contributed by atoms with Crippen LogP contribution >= 0.6 is 15.9 Å². The Kier molecular flexibility index (Phi) is 6.90. The molecule has 3 rings (SSSR count). The van der Waals surface area contributed by atoms with E-state index in [0.29, 0.717) is 5.69 Å². The molecule has 0 heterocycles. The minimum absolute atomic E-state index is 0.00497. The lowest BCUT2D eigenvalue weighted by atomic mass is 10.1. The van der Waals surface area contributed by atoms with E-state index < -0.39 is 16.0 Å². The molecule has 0 atom stereocenters. The standard InChI is InChI=1S/C23H17BrN2O4S/c1-16-6-12-21(13-7-16)31(28,29)30-22-5-3-2-4-17(22)14-18(15-25)23(27)26-20-10-8-19(24)9-11-20/h2-14H,1H3,(H,26,27)/b18-14+. The zero-order valence-electron chi connectivity index (χ0n) is 16.4. The molecule has 3 aromatic carbocycles. The molecular weight excluding hydrogens is 480 g/mol. The lowest BCUT2D eigenvalue weighted by molar-refractivity contribution is -0.112. The maximum Gasteiger partial charge on any atom is 0.339 e. The van der Waals surface area contributed by atoms with Gasteiger partial charge in [-0.1, -0.05) is 51.8 Å². The van der Waals surface area contributed by atoms with Crippen molar-refractivity contribution in [3.63, 3.8) is 0 Å². The van der Waals surface area contributed by atoms with Crippen LogP contribution in [0.2, 0.25) is 0 Å². The zero-order chi connectivity index (χ0) is 22.4. The third kappa shape index (κ3) is 5.81. The van der Waals surface area contributed by atoms with E-state index in [9.17, 15) is 18.5 Å². The lowest BCUT2D eigenvalue weighted by Gasteiger charge is -2.10. The first-order valence-corrected chi connectivity index (χ1v) is 11.3. The van der Waals surface area contributed by atoms with E-state index in [-0.39, 0.29) is 21.8 Å². The van der Waals surface area contributed by atoms with Crippen LogP contribution in [0.3, 0.4) is 0 Å². The van der Waals surface area contributed by atoms with Gasteiger partial charge >= 0.3 is 10.1 Å². The molecule has 0 aliphatic heterocycles. The summed E-state index contributed by atoms with van der Waals surface area (Å²) in [4.78, 5) is 12.5. The van der Waals surface area contributed by atoms with Gasteiger partial charge in [0.05, 0.1) is 0 Å². The summed E-state index contributed by atoms with van der Waals surface area (Å²) in [5.74, 6) is -0.617. The Balaban J connectivity index is 1.88. The number of nitrogens with one attached hydrogen (secondary N) is 1. The van der Waals surface area contributed by atoms with Crippen LogP contribution in [0.5, 0.6) is 5.75 Å². The minimum Gasteiger partial charge on any atom is -0.378 e. The number of benzene rings is 3. The molecule has 0 saturated heterocycles. The average molecular weight is 497 g/mol. The predicted molar refractivity (Wildman–Crippen MR) is 122 cm³/mol. The maximum absolute atomic E-state index is 12.6. The number of para-hydroxylation sites is 1. The van der Waals surface area contributed by atoms with Gasteiger partial charge in [0.1, 0.15) is 22.3 Å². The molecule has 0 aliphatic rings. The van der Waals surface area contributed by atoms with Crippen LogP contribution in [0, 0.1) is 18.3 Å². The van der Waals surface area contributed by atoms with Gasteiger partial charge in [-0.2, -0.15) is 13.7 Å². The highest BCUT2D eigenvalue weighted by Crippen LogP contribution is 2.25. The van der Waals surface area contributed by atoms with Crippen molar-refractivity contribution >= 4 is 43.7 Å². The third-order valence-corrected chi connectivity index (χ3v) is 5.97. The number of hydrogen-bond donors (Lipinski definition) is 1. The van der Waals surface area contributed by atoms with Crippen LogP contribution in [0.25, 0.3) is 6.08 Å². The van der Waals surface area contributed by atoms with Gasteiger partial charge in [-0.25, -0.2) is 0 Å². The summed E-state index contributed by atoms with van der Waals surface area (Å²) in [6.45, 7) is 1.85. The number of carbonyl (C=O) groups excluding carboxylic acids is 1. The van der Waals surface area contributed by atoms with Crippen LogP contribution in [-0.4, -0.2) is 14.3 Å². The second kappa shape index (κ2) is 9.60. The van der Waals surface area contributed by atoms with E-state index in [0.717, 1.165) is 10.0 Å². The normalized spacial score (nSPS) is 11.5. The first kappa shape index (κ1) is 22.3. The van der Waals surface area contributed by atoms with Gasteiger partial charge in [-0.3, -0.25) is 4.79 Å². The number of nitriles is 1. The van der Waals surface area contributed by atoms with E-state index in [2.05, 4.69) is 21.2 Å². The molecule has 8 heteroatoms. The van der Waals surface area contributed by atoms with Crippen LogP contribution in [0.15, 0.2) is 87.7 Å². The van der Waals surface area contributed by atoms with Crippen LogP contribution < -0.4 is 9.50 Å². The molecule has 0 bridgehead atoms.